The van der Waals surface area contributed by atoms with Crippen LogP contribution in [0.2, 0.25) is 10.0 Å². The molecule has 0 saturated carbocycles. The molecule has 2 aromatic rings. The summed E-state index contributed by atoms with van der Waals surface area (Å²) >= 11 is 11.7. The van der Waals surface area contributed by atoms with E-state index in [0.717, 1.165) is 0 Å². The van der Waals surface area contributed by atoms with E-state index < -0.39 is 11.8 Å². The van der Waals surface area contributed by atoms with Gasteiger partial charge in [-0.3, -0.25) is 0 Å². The summed E-state index contributed by atoms with van der Waals surface area (Å²) in [5.41, 5.74) is 0.158. The average molecular weight is 276 g/mol. The van der Waals surface area contributed by atoms with Gasteiger partial charge in [0.25, 0.3) is 0 Å². The number of ether oxygens (including phenoxy) is 1. The first-order chi connectivity index (χ1) is 8.06. The number of rotatable bonds is 2. The van der Waals surface area contributed by atoms with E-state index in [2.05, 4.69) is 4.98 Å². The van der Waals surface area contributed by atoms with Crippen LogP contribution in [0, 0.1) is 5.82 Å². The predicted molar refractivity (Wildman–Crippen MR) is 64.2 cm³/mol. The van der Waals surface area contributed by atoms with Gasteiger partial charge in [-0.25, -0.2) is 9.18 Å². The lowest BCUT2D eigenvalue weighted by Gasteiger charge is -1.98. The molecule has 1 heterocycles. The quantitative estimate of drug-likeness (QED) is 0.848. The molecule has 0 atom stereocenters. The monoisotopic (exact) mass is 275 g/mol. The van der Waals surface area contributed by atoms with Crippen LogP contribution >= 0.6 is 23.2 Å². The largest absolute Gasteiger partial charge is 0.461 e. The molecule has 1 aromatic heterocycles. The SMILES string of the molecule is CCOC(=O)c1[nH]c2ccc(Cl)c(Cl)c2c1F. The van der Waals surface area contributed by atoms with Gasteiger partial charge in [0.2, 0.25) is 0 Å². The minimum atomic E-state index is -0.756. The Bertz CT molecular complexity index is 595. The standard InChI is InChI=1S/C11H8Cl2FNO2/c1-2-17-11(16)10-9(14)7-6(15-10)4-3-5(12)8(7)13/h3-4,15H,2H2,1H3. The van der Waals surface area contributed by atoms with Gasteiger partial charge in [0.1, 0.15) is 0 Å². The van der Waals surface area contributed by atoms with Crippen LogP contribution < -0.4 is 0 Å². The number of fused-ring (bicyclic) bond motifs is 1. The molecule has 0 bridgehead atoms. The van der Waals surface area contributed by atoms with Crippen molar-refractivity contribution in [2.45, 2.75) is 6.92 Å². The van der Waals surface area contributed by atoms with Crippen LogP contribution in [-0.4, -0.2) is 17.6 Å². The minimum Gasteiger partial charge on any atom is -0.461 e. The van der Waals surface area contributed by atoms with Crippen molar-refractivity contribution in [3.05, 3.63) is 33.7 Å². The smallest absolute Gasteiger partial charge is 0.357 e. The fourth-order valence-electron chi connectivity index (χ4n) is 1.53. The van der Waals surface area contributed by atoms with Crippen LogP contribution in [0.5, 0.6) is 0 Å². The van der Waals surface area contributed by atoms with E-state index in [1.165, 1.54) is 6.07 Å². The first kappa shape index (κ1) is 12.2. The number of aromatic amines is 1. The number of carbonyl (C=O) groups excluding carboxylic acids is 1. The Kier molecular flexibility index (Phi) is 3.26. The summed E-state index contributed by atoms with van der Waals surface area (Å²) in [6, 6.07) is 3.08. The Morgan fingerprint density at radius 3 is 2.82 bits per heavy atom. The highest BCUT2D eigenvalue weighted by atomic mass is 35.5. The molecule has 0 amide bonds. The molecule has 2 rings (SSSR count). The Balaban J connectivity index is 2.65. The molecule has 0 fully saturated rings. The maximum absolute atomic E-state index is 14.0. The van der Waals surface area contributed by atoms with Crippen molar-refractivity contribution in [2.75, 3.05) is 6.61 Å². The second-order valence-corrected chi connectivity index (χ2v) is 4.10. The second kappa shape index (κ2) is 4.55. The summed E-state index contributed by atoms with van der Waals surface area (Å²) in [6.45, 7) is 1.81. The molecule has 6 heteroatoms. The van der Waals surface area contributed by atoms with Crippen LogP contribution in [-0.2, 0) is 4.74 Å². The number of benzene rings is 1. The van der Waals surface area contributed by atoms with Gasteiger partial charge in [0.15, 0.2) is 11.5 Å². The van der Waals surface area contributed by atoms with Gasteiger partial charge < -0.3 is 9.72 Å². The molecule has 1 N–H and O–H groups in total. The zero-order valence-electron chi connectivity index (χ0n) is 8.81. The zero-order valence-corrected chi connectivity index (χ0v) is 10.3. The number of carbonyl (C=O) groups is 1. The van der Waals surface area contributed by atoms with Crippen molar-refractivity contribution < 1.29 is 13.9 Å². The molecule has 0 aliphatic rings. The number of aromatic nitrogens is 1. The van der Waals surface area contributed by atoms with Crippen LogP contribution in [0.4, 0.5) is 4.39 Å². The van der Waals surface area contributed by atoms with E-state index in [-0.39, 0.29) is 27.7 Å². The van der Waals surface area contributed by atoms with Crippen LogP contribution in [0.25, 0.3) is 10.9 Å². The highest BCUT2D eigenvalue weighted by Gasteiger charge is 2.21. The minimum absolute atomic E-state index is 0.0773. The maximum atomic E-state index is 14.0. The second-order valence-electron chi connectivity index (χ2n) is 3.32. The summed E-state index contributed by atoms with van der Waals surface area (Å²) in [7, 11) is 0. The molecular formula is C11H8Cl2FNO2. The van der Waals surface area contributed by atoms with Crippen LogP contribution in [0.15, 0.2) is 12.1 Å². The lowest BCUT2D eigenvalue weighted by molar-refractivity contribution is 0.0515. The number of esters is 1. The van der Waals surface area contributed by atoms with Crippen molar-refractivity contribution in [3.8, 4) is 0 Å². The molecule has 0 radical (unpaired) electrons. The number of halogens is 3. The lowest BCUT2D eigenvalue weighted by Crippen LogP contribution is -2.06. The molecule has 0 aliphatic carbocycles. The van der Waals surface area contributed by atoms with E-state index in [9.17, 15) is 9.18 Å². The number of hydrogen-bond donors (Lipinski definition) is 1. The summed E-state index contributed by atoms with van der Waals surface area (Å²) < 4.78 is 18.7. The van der Waals surface area contributed by atoms with Crippen molar-refractivity contribution in [1.82, 2.24) is 4.98 Å². The Morgan fingerprint density at radius 1 is 1.47 bits per heavy atom. The average Bonchev–Trinajstić information content (AvgIpc) is 2.62. The third-order valence-corrected chi connectivity index (χ3v) is 3.08. The predicted octanol–water partition coefficient (Wildman–Crippen LogP) is 3.79. The Labute approximate surface area is 106 Å². The highest BCUT2D eigenvalue weighted by Crippen LogP contribution is 2.33. The number of nitrogens with one attached hydrogen (secondary N) is 1. The van der Waals surface area contributed by atoms with Gasteiger partial charge in [-0.05, 0) is 19.1 Å². The summed E-state index contributed by atoms with van der Waals surface area (Å²) in [6.07, 6.45) is 0. The third kappa shape index (κ3) is 1.98. The van der Waals surface area contributed by atoms with Crippen molar-refractivity contribution in [1.29, 1.82) is 0 Å². The van der Waals surface area contributed by atoms with Crippen LogP contribution in [0.1, 0.15) is 17.4 Å². The van der Waals surface area contributed by atoms with Crippen molar-refractivity contribution in [2.24, 2.45) is 0 Å². The molecule has 0 unspecified atom stereocenters. The fraction of sp³-hybridized carbons (Fsp3) is 0.182. The number of hydrogen-bond acceptors (Lipinski definition) is 2. The van der Waals surface area contributed by atoms with E-state index in [4.69, 9.17) is 27.9 Å². The maximum Gasteiger partial charge on any atom is 0.357 e. The molecule has 1 aromatic carbocycles. The highest BCUT2D eigenvalue weighted by molar-refractivity contribution is 6.45. The first-order valence-corrected chi connectivity index (χ1v) is 5.64. The molecule has 0 saturated heterocycles. The van der Waals surface area contributed by atoms with E-state index >= 15 is 0 Å². The Morgan fingerprint density at radius 2 is 2.18 bits per heavy atom. The fourth-order valence-corrected chi connectivity index (χ4v) is 1.93. The van der Waals surface area contributed by atoms with Crippen LogP contribution in [0.3, 0.4) is 0 Å². The summed E-state index contributed by atoms with van der Waals surface area (Å²) in [5, 5.41) is 0.406. The van der Waals surface area contributed by atoms with Crippen molar-refractivity contribution >= 4 is 40.1 Å². The van der Waals surface area contributed by atoms with Gasteiger partial charge >= 0.3 is 5.97 Å². The topological polar surface area (TPSA) is 42.1 Å². The normalized spacial score (nSPS) is 10.8. The molecule has 90 valence electrons. The molecular weight excluding hydrogens is 268 g/mol. The lowest BCUT2D eigenvalue weighted by atomic mass is 10.2. The molecule has 0 spiro atoms. The van der Waals surface area contributed by atoms with Gasteiger partial charge in [0.05, 0.1) is 27.6 Å². The van der Waals surface area contributed by atoms with E-state index in [0.29, 0.717) is 5.52 Å². The Hall–Kier alpha value is -1.26. The third-order valence-electron chi connectivity index (χ3n) is 2.27. The van der Waals surface area contributed by atoms with Crippen molar-refractivity contribution in [3.63, 3.8) is 0 Å². The molecule has 0 aliphatic heterocycles. The zero-order chi connectivity index (χ0) is 12.6. The van der Waals surface area contributed by atoms with E-state index in [1.807, 2.05) is 0 Å². The van der Waals surface area contributed by atoms with Gasteiger partial charge in [-0.15, -0.1) is 0 Å². The molecule has 17 heavy (non-hydrogen) atoms. The van der Waals surface area contributed by atoms with Gasteiger partial charge in [-0.2, -0.15) is 0 Å². The summed E-state index contributed by atoms with van der Waals surface area (Å²) in [5.74, 6) is -1.50. The summed E-state index contributed by atoms with van der Waals surface area (Å²) in [4.78, 5) is 14.1. The van der Waals surface area contributed by atoms with E-state index in [1.54, 1.807) is 13.0 Å². The van der Waals surface area contributed by atoms with Gasteiger partial charge in [-0.1, -0.05) is 23.2 Å². The van der Waals surface area contributed by atoms with Gasteiger partial charge in [0, 0.05) is 0 Å². The first-order valence-electron chi connectivity index (χ1n) is 4.88. The number of H-pyrrole nitrogens is 1. The molecule has 3 nitrogen and oxygen atoms in total.